The second-order valence-corrected chi connectivity index (χ2v) is 6.94. The summed E-state index contributed by atoms with van der Waals surface area (Å²) in [6.07, 6.45) is 0. The second kappa shape index (κ2) is 8.94. The summed E-state index contributed by atoms with van der Waals surface area (Å²) in [5.41, 5.74) is 2.06. The molecule has 9 nitrogen and oxygen atoms in total. The first-order valence-electron chi connectivity index (χ1n) is 9.48. The Hall–Kier alpha value is -2.78. The number of nitrogens with zero attached hydrogens (tertiary/aromatic N) is 5. The average molecular weight is 385 g/mol. The zero-order valence-electron chi connectivity index (χ0n) is 16.4. The maximum atomic E-state index is 9.89. The van der Waals surface area contributed by atoms with E-state index in [2.05, 4.69) is 30.9 Å². The number of aliphatic hydroxyl groups excluding tert-OH is 2. The Bertz CT molecular complexity index is 898. The summed E-state index contributed by atoms with van der Waals surface area (Å²) in [5.74, 6) is 1.06. The molecule has 0 fully saturated rings. The lowest BCUT2D eigenvalue weighted by Gasteiger charge is -2.21. The quantitative estimate of drug-likeness (QED) is 0.440. The predicted molar refractivity (Wildman–Crippen MR) is 108 cm³/mol. The minimum absolute atomic E-state index is 0.0314. The molecule has 3 rings (SSSR count). The highest BCUT2D eigenvalue weighted by molar-refractivity contribution is 5.83. The number of aryl methyl sites for hydroxylation is 1. The maximum absolute atomic E-state index is 9.89. The van der Waals surface area contributed by atoms with E-state index in [1.54, 1.807) is 4.68 Å². The van der Waals surface area contributed by atoms with E-state index < -0.39 is 0 Å². The van der Waals surface area contributed by atoms with Gasteiger partial charge in [0, 0.05) is 6.54 Å². The molecular weight excluding hydrogens is 358 g/mol. The van der Waals surface area contributed by atoms with Gasteiger partial charge in [-0.1, -0.05) is 49.4 Å². The highest BCUT2D eigenvalue weighted by atomic mass is 16.3. The van der Waals surface area contributed by atoms with Crippen LogP contribution in [0.25, 0.3) is 11.2 Å². The van der Waals surface area contributed by atoms with Gasteiger partial charge < -0.3 is 20.8 Å². The van der Waals surface area contributed by atoms with Crippen molar-refractivity contribution in [3.05, 3.63) is 35.9 Å². The first-order valence-corrected chi connectivity index (χ1v) is 9.48. The van der Waals surface area contributed by atoms with Crippen molar-refractivity contribution in [3.8, 4) is 0 Å². The van der Waals surface area contributed by atoms with Crippen molar-refractivity contribution in [1.29, 1.82) is 0 Å². The van der Waals surface area contributed by atoms with Crippen LogP contribution in [-0.4, -0.2) is 54.4 Å². The Balaban J connectivity index is 2.01. The van der Waals surface area contributed by atoms with Crippen LogP contribution in [0.3, 0.4) is 0 Å². The number of hydrogen-bond acceptors (Lipinski definition) is 8. The van der Waals surface area contributed by atoms with Gasteiger partial charge in [-0.3, -0.25) is 0 Å². The summed E-state index contributed by atoms with van der Waals surface area (Å²) >= 11 is 0. The number of benzene rings is 1. The van der Waals surface area contributed by atoms with Crippen LogP contribution in [0.15, 0.2) is 30.3 Å². The van der Waals surface area contributed by atoms with Crippen molar-refractivity contribution in [1.82, 2.24) is 25.0 Å². The number of anilines is 2. The molecule has 0 amide bonds. The summed E-state index contributed by atoms with van der Waals surface area (Å²) in [5, 5.41) is 34.3. The summed E-state index contributed by atoms with van der Waals surface area (Å²) in [7, 11) is 0. The van der Waals surface area contributed by atoms with E-state index in [4.69, 9.17) is 0 Å². The molecule has 2 atom stereocenters. The average Bonchev–Trinajstić information content (AvgIpc) is 3.13. The van der Waals surface area contributed by atoms with Gasteiger partial charge in [0.05, 0.1) is 25.3 Å². The molecule has 4 N–H and O–H groups in total. The highest BCUT2D eigenvalue weighted by Crippen LogP contribution is 2.25. The highest BCUT2D eigenvalue weighted by Gasteiger charge is 2.20. The molecule has 9 heteroatoms. The molecule has 150 valence electrons. The maximum Gasteiger partial charge on any atom is 0.227 e. The summed E-state index contributed by atoms with van der Waals surface area (Å²) < 4.78 is 1.69. The van der Waals surface area contributed by atoms with Gasteiger partial charge in [0.15, 0.2) is 17.0 Å². The van der Waals surface area contributed by atoms with Crippen molar-refractivity contribution in [2.24, 2.45) is 5.92 Å². The molecule has 0 bridgehead atoms. The number of aromatic nitrogens is 5. The minimum atomic E-state index is -0.349. The van der Waals surface area contributed by atoms with Crippen LogP contribution < -0.4 is 10.6 Å². The van der Waals surface area contributed by atoms with E-state index in [1.807, 2.05) is 51.1 Å². The Kier molecular flexibility index (Phi) is 6.37. The molecule has 0 unspecified atom stereocenters. The Labute approximate surface area is 163 Å². The molecular formula is C19H27N7O2. The van der Waals surface area contributed by atoms with Crippen molar-refractivity contribution in [2.75, 3.05) is 23.8 Å². The molecule has 0 aliphatic heterocycles. The van der Waals surface area contributed by atoms with Gasteiger partial charge in [-0.05, 0) is 18.4 Å². The van der Waals surface area contributed by atoms with Gasteiger partial charge in [-0.15, -0.1) is 5.10 Å². The number of hydrogen-bond donors (Lipinski definition) is 4. The van der Waals surface area contributed by atoms with Gasteiger partial charge in [0.1, 0.15) is 0 Å². The lowest BCUT2D eigenvalue weighted by atomic mass is 10.1. The molecule has 0 radical (unpaired) electrons. The molecule has 28 heavy (non-hydrogen) atoms. The number of fused-ring (bicyclic) bond motifs is 1. The van der Waals surface area contributed by atoms with Gasteiger partial charge in [-0.25, -0.2) is 4.68 Å². The SMILES string of the molecule is CCn1nnc2c(N[C@H](CO)c3ccccc3)nc(N[C@@H](CO)C(C)C)nc21. The van der Waals surface area contributed by atoms with Crippen molar-refractivity contribution in [2.45, 2.75) is 39.4 Å². The van der Waals surface area contributed by atoms with Crippen LogP contribution in [-0.2, 0) is 6.54 Å². The molecule has 2 heterocycles. The standard InChI is InChI=1S/C19H27N7O2/c1-4-26-18-16(24-25-26)17(20-15(11-28)13-8-6-5-7-9-13)22-19(23-18)21-14(10-27)12(2)3/h5-9,12,14-15,27-28H,4,10-11H2,1-3H3,(H2,20,21,22,23)/t14-,15+/m0/s1. The molecule has 0 spiro atoms. The third-order valence-electron chi connectivity index (χ3n) is 4.67. The summed E-state index contributed by atoms with van der Waals surface area (Å²) in [4.78, 5) is 9.11. The zero-order chi connectivity index (χ0) is 20.1. The van der Waals surface area contributed by atoms with Crippen molar-refractivity contribution in [3.63, 3.8) is 0 Å². The Morgan fingerprint density at radius 1 is 1.04 bits per heavy atom. The number of aliphatic hydroxyl groups is 2. The zero-order valence-corrected chi connectivity index (χ0v) is 16.4. The molecule has 3 aromatic rings. The van der Waals surface area contributed by atoms with Crippen LogP contribution in [0, 0.1) is 5.92 Å². The molecule has 0 aliphatic carbocycles. The number of rotatable bonds is 9. The second-order valence-electron chi connectivity index (χ2n) is 6.94. The van der Waals surface area contributed by atoms with Crippen LogP contribution in [0.2, 0.25) is 0 Å². The van der Waals surface area contributed by atoms with Crippen LogP contribution in [0.1, 0.15) is 32.4 Å². The van der Waals surface area contributed by atoms with E-state index in [-0.39, 0.29) is 31.2 Å². The number of nitrogens with one attached hydrogen (secondary N) is 2. The normalized spacial score (nSPS) is 13.6. The Morgan fingerprint density at radius 2 is 1.79 bits per heavy atom. The molecule has 0 saturated carbocycles. The van der Waals surface area contributed by atoms with Crippen LogP contribution in [0.5, 0.6) is 0 Å². The molecule has 1 aromatic carbocycles. The molecule has 2 aromatic heterocycles. The van der Waals surface area contributed by atoms with Gasteiger partial charge in [0.2, 0.25) is 5.95 Å². The first kappa shape index (κ1) is 20.0. The van der Waals surface area contributed by atoms with E-state index in [0.717, 1.165) is 5.56 Å². The summed E-state index contributed by atoms with van der Waals surface area (Å²) in [6, 6.07) is 9.12. The predicted octanol–water partition coefficient (Wildman–Crippen LogP) is 1.82. The smallest absolute Gasteiger partial charge is 0.227 e. The van der Waals surface area contributed by atoms with E-state index in [9.17, 15) is 10.2 Å². The lowest BCUT2D eigenvalue weighted by molar-refractivity contribution is 0.248. The molecule has 0 aliphatic rings. The largest absolute Gasteiger partial charge is 0.394 e. The van der Waals surface area contributed by atoms with E-state index in [1.165, 1.54) is 0 Å². The van der Waals surface area contributed by atoms with Crippen molar-refractivity contribution >= 4 is 22.9 Å². The topological polar surface area (TPSA) is 121 Å². The third-order valence-corrected chi connectivity index (χ3v) is 4.67. The van der Waals surface area contributed by atoms with Crippen molar-refractivity contribution < 1.29 is 10.2 Å². The lowest BCUT2D eigenvalue weighted by Crippen LogP contribution is -2.30. The van der Waals surface area contributed by atoms with Crippen LogP contribution >= 0.6 is 0 Å². The fraction of sp³-hybridized carbons (Fsp3) is 0.474. The first-order chi connectivity index (χ1) is 13.6. The van der Waals surface area contributed by atoms with Gasteiger partial charge in [-0.2, -0.15) is 9.97 Å². The monoisotopic (exact) mass is 385 g/mol. The minimum Gasteiger partial charge on any atom is -0.394 e. The Morgan fingerprint density at radius 3 is 2.39 bits per heavy atom. The fourth-order valence-corrected chi connectivity index (χ4v) is 2.91. The molecule has 0 saturated heterocycles. The van der Waals surface area contributed by atoms with Crippen LogP contribution in [0.4, 0.5) is 11.8 Å². The van der Waals surface area contributed by atoms with E-state index in [0.29, 0.717) is 29.5 Å². The third kappa shape index (κ3) is 4.20. The van der Waals surface area contributed by atoms with E-state index >= 15 is 0 Å². The van der Waals surface area contributed by atoms with Gasteiger partial charge >= 0.3 is 0 Å². The summed E-state index contributed by atoms with van der Waals surface area (Å²) in [6.45, 7) is 6.47. The fourth-order valence-electron chi connectivity index (χ4n) is 2.91. The van der Waals surface area contributed by atoms with Gasteiger partial charge in [0.25, 0.3) is 0 Å².